The van der Waals surface area contributed by atoms with E-state index in [0.29, 0.717) is 11.5 Å². The molecule has 0 unspecified atom stereocenters. The lowest BCUT2D eigenvalue weighted by Gasteiger charge is -2.00. The Bertz CT molecular complexity index is 235. The zero-order valence-corrected chi connectivity index (χ0v) is 5.83. The van der Waals surface area contributed by atoms with Crippen LogP contribution >= 0.6 is 0 Å². The summed E-state index contributed by atoms with van der Waals surface area (Å²) in [7, 11) is 0. The number of nitrogen functional groups attached to an aromatic ring is 1. The molecule has 0 spiro atoms. The normalized spacial score (nSPS) is 9.80. The summed E-state index contributed by atoms with van der Waals surface area (Å²) in [6, 6.07) is 3.56. The average Bonchev–Trinajstić information content (AvgIpc) is 1.94. The zero-order chi connectivity index (χ0) is 7.56. The molecule has 0 atom stereocenters. The van der Waals surface area contributed by atoms with Gasteiger partial charge in [0.25, 0.3) is 0 Å². The summed E-state index contributed by atoms with van der Waals surface area (Å²) < 4.78 is 0. The van der Waals surface area contributed by atoms with Crippen molar-refractivity contribution in [2.24, 2.45) is 0 Å². The molecule has 0 aliphatic carbocycles. The van der Waals surface area contributed by atoms with Crippen molar-refractivity contribution in [3.63, 3.8) is 0 Å². The molecule has 0 bridgehead atoms. The molecule has 0 fully saturated rings. The lowest BCUT2D eigenvalue weighted by Crippen LogP contribution is -1.97. The third-order valence-electron chi connectivity index (χ3n) is 1.37. The number of hydrogen-bond donors (Lipinski definition) is 2. The van der Waals surface area contributed by atoms with Crippen LogP contribution in [0.3, 0.4) is 0 Å². The molecular formula is C7H10N2O. The van der Waals surface area contributed by atoms with Gasteiger partial charge in [-0.2, -0.15) is 0 Å². The quantitative estimate of drug-likeness (QED) is 0.592. The summed E-state index contributed by atoms with van der Waals surface area (Å²) >= 11 is 0. The summed E-state index contributed by atoms with van der Waals surface area (Å²) in [5.41, 5.74) is 7.00. The molecule has 0 aromatic carbocycles. The molecule has 54 valence electrons. The van der Waals surface area contributed by atoms with E-state index in [1.54, 1.807) is 6.07 Å². The monoisotopic (exact) mass is 138 g/mol. The number of nitrogens with two attached hydrogens (primary N) is 1. The highest BCUT2D eigenvalue weighted by atomic mass is 16.3. The van der Waals surface area contributed by atoms with Crippen molar-refractivity contribution in [2.75, 3.05) is 5.73 Å². The summed E-state index contributed by atoms with van der Waals surface area (Å²) in [6.45, 7) is 1.84. The molecule has 0 saturated heterocycles. The summed E-state index contributed by atoms with van der Waals surface area (Å²) in [5.74, 6) is 0.453. The number of aryl methyl sites for hydroxylation is 1. The Labute approximate surface area is 59.5 Å². The van der Waals surface area contributed by atoms with Gasteiger partial charge in [0.05, 0.1) is 12.3 Å². The first kappa shape index (κ1) is 7.02. The third kappa shape index (κ3) is 1.25. The Kier molecular flexibility index (Phi) is 1.87. The lowest BCUT2D eigenvalue weighted by atomic mass is 10.2. The van der Waals surface area contributed by atoms with Crippen LogP contribution in [0.5, 0.6) is 0 Å². The second-order valence-corrected chi connectivity index (χ2v) is 2.16. The Hall–Kier alpha value is -1.09. The molecule has 0 amide bonds. The molecule has 3 heteroatoms. The number of nitrogens with zero attached hydrogens (tertiary/aromatic N) is 1. The summed E-state index contributed by atoms with van der Waals surface area (Å²) in [5, 5.41) is 8.72. The van der Waals surface area contributed by atoms with Crippen molar-refractivity contribution in [1.29, 1.82) is 0 Å². The van der Waals surface area contributed by atoms with Gasteiger partial charge in [-0.3, -0.25) is 0 Å². The van der Waals surface area contributed by atoms with Crippen LogP contribution in [0.15, 0.2) is 12.1 Å². The maximum absolute atomic E-state index is 8.72. The van der Waals surface area contributed by atoms with Crippen molar-refractivity contribution in [2.45, 2.75) is 13.5 Å². The fourth-order valence-electron chi connectivity index (χ4n) is 0.748. The van der Waals surface area contributed by atoms with Crippen LogP contribution in [0, 0.1) is 6.92 Å². The molecule has 3 nitrogen and oxygen atoms in total. The van der Waals surface area contributed by atoms with Gasteiger partial charge in [-0.05, 0) is 18.6 Å². The maximum atomic E-state index is 8.72. The number of hydrogen-bond acceptors (Lipinski definition) is 3. The molecule has 0 aliphatic rings. The molecule has 1 aromatic rings. The van der Waals surface area contributed by atoms with Gasteiger partial charge in [-0.15, -0.1) is 0 Å². The minimum absolute atomic E-state index is 0.0448. The molecule has 1 aromatic heterocycles. The van der Waals surface area contributed by atoms with Gasteiger partial charge in [0.15, 0.2) is 0 Å². The smallest absolute Gasteiger partial charge is 0.123 e. The zero-order valence-electron chi connectivity index (χ0n) is 5.83. The van der Waals surface area contributed by atoms with Gasteiger partial charge in [0.2, 0.25) is 0 Å². The Morgan fingerprint density at radius 1 is 1.60 bits per heavy atom. The van der Waals surface area contributed by atoms with Crippen LogP contribution in [0.2, 0.25) is 0 Å². The van der Waals surface area contributed by atoms with Crippen molar-refractivity contribution >= 4 is 5.82 Å². The fraction of sp³-hybridized carbons (Fsp3) is 0.286. The van der Waals surface area contributed by atoms with Gasteiger partial charge in [0, 0.05) is 0 Å². The van der Waals surface area contributed by atoms with E-state index in [2.05, 4.69) is 4.98 Å². The number of aliphatic hydroxyl groups excluding tert-OH is 1. The molecule has 10 heavy (non-hydrogen) atoms. The lowest BCUT2D eigenvalue weighted by molar-refractivity contribution is 0.276. The van der Waals surface area contributed by atoms with E-state index in [0.717, 1.165) is 5.56 Å². The van der Waals surface area contributed by atoms with Crippen LogP contribution in [0.4, 0.5) is 5.82 Å². The first-order valence-corrected chi connectivity index (χ1v) is 3.07. The topological polar surface area (TPSA) is 59.1 Å². The highest BCUT2D eigenvalue weighted by Crippen LogP contribution is 2.06. The predicted octanol–water partition coefficient (Wildman–Crippen LogP) is 0.465. The number of pyridine rings is 1. The van der Waals surface area contributed by atoms with Gasteiger partial charge >= 0.3 is 0 Å². The van der Waals surface area contributed by atoms with Gasteiger partial charge in [-0.1, -0.05) is 6.07 Å². The first-order valence-electron chi connectivity index (χ1n) is 3.07. The molecular weight excluding hydrogens is 128 g/mol. The van der Waals surface area contributed by atoms with Crippen molar-refractivity contribution < 1.29 is 5.11 Å². The van der Waals surface area contributed by atoms with E-state index in [-0.39, 0.29) is 6.61 Å². The van der Waals surface area contributed by atoms with Crippen molar-refractivity contribution in [3.8, 4) is 0 Å². The summed E-state index contributed by atoms with van der Waals surface area (Å²) in [4.78, 5) is 3.92. The third-order valence-corrected chi connectivity index (χ3v) is 1.37. The van der Waals surface area contributed by atoms with Crippen molar-refractivity contribution in [1.82, 2.24) is 4.98 Å². The number of anilines is 1. The van der Waals surface area contributed by atoms with E-state index < -0.39 is 0 Å². The van der Waals surface area contributed by atoms with Crippen LogP contribution in [0.1, 0.15) is 11.3 Å². The molecule has 1 rings (SSSR count). The van der Waals surface area contributed by atoms with Gasteiger partial charge < -0.3 is 10.8 Å². The van der Waals surface area contributed by atoms with E-state index >= 15 is 0 Å². The summed E-state index contributed by atoms with van der Waals surface area (Å²) in [6.07, 6.45) is 0. The fourth-order valence-corrected chi connectivity index (χ4v) is 0.748. The van der Waals surface area contributed by atoms with E-state index in [1.807, 2.05) is 13.0 Å². The van der Waals surface area contributed by atoms with Gasteiger partial charge in [0.1, 0.15) is 5.82 Å². The molecule has 0 saturated carbocycles. The number of rotatable bonds is 1. The second-order valence-electron chi connectivity index (χ2n) is 2.16. The molecule has 0 aliphatic heterocycles. The Morgan fingerprint density at radius 2 is 2.30 bits per heavy atom. The van der Waals surface area contributed by atoms with Crippen LogP contribution < -0.4 is 5.73 Å². The minimum Gasteiger partial charge on any atom is -0.390 e. The van der Waals surface area contributed by atoms with Crippen LogP contribution in [-0.2, 0) is 6.61 Å². The Balaban J connectivity index is 3.09. The average molecular weight is 138 g/mol. The number of aromatic nitrogens is 1. The maximum Gasteiger partial charge on any atom is 0.123 e. The standard InChI is InChI=1S/C7H10N2O/c1-5-2-3-7(8)9-6(5)4-10/h2-3,10H,4H2,1H3,(H2,8,9). The SMILES string of the molecule is Cc1ccc(N)nc1CO. The van der Waals surface area contributed by atoms with E-state index in [9.17, 15) is 0 Å². The highest BCUT2D eigenvalue weighted by molar-refractivity contribution is 5.33. The van der Waals surface area contributed by atoms with Crippen LogP contribution in [-0.4, -0.2) is 10.1 Å². The molecule has 1 heterocycles. The largest absolute Gasteiger partial charge is 0.390 e. The number of aliphatic hydroxyl groups is 1. The van der Waals surface area contributed by atoms with E-state index in [4.69, 9.17) is 10.8 Å². The first-order chi connectivity index (χ1) is 4.74. The van der Waals surface area contributed by atoms with Crippen molar-refractivity contribution in [3.05, 3.63) is 23.4 Å². The molecule has 3 N–H and O–H groups in total. The minimum atomic E-state index is -0.0448. The second kappa shape index (κ2) is 2.66. The van der Waals surface area contributed by atoms with E-state index in [1.165, 1.54) is 0 Å². The molecule has 0 radical (unpaired) electrons. The highest BCUT2D eigenvalue weighted by Gasteiger charge is 1.96. The predicted molar refractivity (Wildman–Crippen MR) is 39.3 cm³/mol. The Morgan fingerprint density at radius 3 is 2.80 bits per heavy atom. The van der Waals surface area contributed by atoms with Gasteiger partial charge in [-0.25, -0.2) is 4.98 Å². The van der Waals surface area contributed by atoms with Crippen LogP contribution in [0.25, 0.3) is 0 Å².